The van der Waals surface area contributed by atoms with Gasteiger partial charge in [0.1, 0.15) is 6.23 Å². The van der Waals surface area contributed by atoms with Gasteiger partial charge >= 0.3 is 0 Å². The molecule has 1 rings (SSSR count). The molecule has 0 aliphatic carbocycles. The van der Waals surface area contributed by atoms with Crippen molar-refractivity contribution in [1.82, 2.24) is 4.90 Å². The largest absolute Gasteiger partial charge is 0.382 e. The van der Waals surface area contributed by atoms with Crippen molar-refractivity contribution in [3.63, 3.8) is 0 Å². The second kappa shape index (κ2) is 5.60. The van der Waals surface area contributed by atoms with Gasteiger partial charge in [-0.25, -0.2) is 4.39 Å². The number of nitrogens with zero attached hydrogens (tertiary/aromatic N) is 2. The lowest BCUT2D eigenvalue weighted by Gasteiger charge is -2.20. The van der Waals surface area contributed by atoms with Crippen molar-refractivity contribution in [2.24, 2.45) is 10.7 Å². The van der Waals surface area contributed by atoms with Gasteiger partial charge < -0.3 is 10.5 Å². The zero-order chi connectivity index (χ0) is 12.1. The van der Waals surface area contributed by atoms with Gasteiger partial charge in [0.05, 0.1) is 6.10 Å². The highest BCUT2D eigenvalue weighted by atomic mass is 19.1. The predicted octanol–water partition coefficient (Wildman–Crippen LogP) is 0.768. The van der Waals surface area contributed by atoms with Crippen molar-refractivity contribution in [3.05, 3.63) is 12.0 Å². The highest BCUT2D eigenvalue weighted by Crippen LogP contribution is 2.22. The van der Waals surface area contributed by atoms with Crippen LogP contribution in [0, 0.1) is 0 Å². The number of amidine groups is 1. The Balaban J connectivity index is 2.72. The summed E-state index contributed by atoms with van der Waals surface area (Å²) in [4.78, 5) is 15.4. The number of rotatable bonds is 4. The van der Waals surface area contributed by atoms with Gasteiger partial charge in [-0.2, -0.15) is 0 Å². The standard InChI is InChI=1S/C10H16FN3O2/c1-7-3-4-9(16-7)14(6-15)5-8(11)10(12)13-2/h5-7,9H,3-4H2,1-2H3,(H2,12,13)/b8-5+. The molecule has 2 atom stereocenters. The number of hydrogen-bond acceptors (Lipinski definition) is 3. The SMILES string of the molecule is CN=C(N)/C(F)=C\N(C=O)C1CCC(C)O1. The summed E-state index contributed by atoms with van der Waals surface area (Å²) >= 11 is 0. The van der Waals surface area contributed by atoms with E-state index >= 15 is 0 Å². The quantitative estimate of drug-likeness (QED) is 0.440. The van der Waals surface area contributed by atoms with E-state index in [4.69, 9.17) is 10.5 Å². The van der Waals surface area contributed by atoms with Crippen LogP contribution < -0.4 is 5.73 Å². The number of aliphatic imine (C=N–C) groups is 1. The van der Waals surface area contributed by atoms with Crippen LogP contribution in [-0.4, -0.2) is 36.5 Å². The van der Waals surface area contributed by atoms with Gasteiger partial charge in [-0.1, -0.05) is 0 Å². The minimum Gasteiger partial charge on any atom is -0.382 e. The van der Waals surface area contributed by atoms with E-state index in [1.807, 2.05) is 6.92 Å². The zero-order valence-electron chi connectivity index (χ0n) is 9.39. The molecule has 1 heterocycles. The molecule has 0 spiro atoms. The maximum atomic E-state index is 13.3. The molecule has 16 heavy (non-hydrogen) atoms. The first-order chi connectivity index (χ1) is 7.58. The van der Waals surface area contributed by atoms with Crippen LogP contribution in [0.1, 0.15) is 19.8 Å². The lowest BCUT2D eigenvalue weighted by Crippen LogP contribution is -2.30. The van der Waals surface area contributed by atoms with Crippen LogP contribution in [0.3, 0.4) is 0 Å². The third-order valence-electron chi connectivity index (χ3n) is 2.41. The van der Waals surface area contributed by atoms with Crippen LogP contribution in [-0.2, 0) is 9.53 Å². The van der Waals surface area contributed by atoms with Crippen molar-refractivity contribution in [3.8, 4) is 0 Å². The first kappa shape index (κ1) is 12.6. The lowest BCUT2D eigenvalue weighted by molar-refractivity contribution is -0.125. The molecular weight excluding hydrogens is 213 g/mol. The Labute approximate surface area is 93.8 Å². The first-order valence-corrected chi connectivity index (χ1v) is 5.06. The number of carbonyl (C=O) groups is 1. The maximum Gasteiger partial charge on any atom is 0.215 e. The highest BCUT2D eigenvalue weighted by Gasteiger charge is 2.26. The molecule has 2 unspecified atom stereocenters. The van der Waals surface area contributed by atoms with Gasteiger partial charge in [0.2, 0.25) is 6.41 Å². The van der Waals surface area contributed by atoms with Crippen molar-refractivity contribution in [1.29, 1.82) is 0 Å². The average Bonchev–Trinajstić information content (AvgIpc) is 2.71. The summed E-state index contributed by atoms with van der Waals surface area (Å²) < 4.78 is 18.8. The molecule has 0 saturated carbocycles. The molecule has 0 aromatic rings. The Morgan fingerprint density at radius 2 is 2.31 bits per heavy atom. The smallest absolute Gasteiger partial charge is 0.215 e. The summed E-state index contributed by atoms with van der Waals surface area (Å²) in [6.07, 6.45) is 2.74. The topological polar surface area (TPSA) is 67.9 Å². The van der Waals surface area contributed by atoms with Gasteiger partial charge in [-0.05, 0) is 19.8 Å². The molecule has 0 aromatic heterocycles. The summed E-state index contributed by atoms with van der Waals surface area (Å²) in [6.45, 7) is 1.91. The normalized spacial score (nSPS) is 26.9. The van der Waals surface area contributed by atoms with E-state index in [9.17, 15) is 9.18 Å². The predicted molar refractivity (Wildman–Crippen MR) is 58.2 cm³/mol. The average molecular weight is 229 g/mol. The number of amides is 1. The van der Waals surface area contributed by atoms with E-state index in [0.29, 0.717) is 12.8 Å². The lowest BCUT2D eigenvalue weighted by atomic mass is 10.2. The number of carbonyl (C=O) groups excluding carboxylic acids is 1. The molecule has 5 nitrogen and oxygen atoms in total. The summed E-state index contributed by atoms with van der Waals surface area (Å²) in [5.41, 5.74) is 5.27. The fourth-order valence-corrected chi connectivity index (χ4v) is 1.49. The molecule has 0 bridgehead atoms. The van der Waals surface area contributed by atoms with E-state index < -0.39 is 12.1 Å². The second-order valence-electron chi connectivity index (χ2n) is 3.62. The highest BCUT2D eigenvalue weighted by molar-refractivity contribution is 5.94. The Bertz CT molecular complexity index is 317. The molecule has 0 radical (unpaired) electrons. The molecule has 6 heteroatoms. The Kier molecular flexibility index (Phi) is 4.42. The molecule has 1 fully saturated rings. The van der Waals surface area contributed by atoms with Crippen LogP contribution in [0.15, 0.2) is 17.0 Å². The Hall–Kier alpha value is -1.43. The van der Waals surface area contributed by atoms with E-state index in [0.717, 1.165) is 17.5 Å². The number of nitrogens with two attached hydrogens (primary N) is 1. The van der Waals surface area contributed by atoms with Crippen LogP contribution in [0.25, 0.3) is 0 Å². The molecule has 2 N–H and O–H groups in total. The van der Waals surface area contributed by atoms with Gasteiger partial charge in [0.15, 0.2) is 11.7 Å². The van der Waals surface area contributed by atoms with Crippen LogP contribution in [0.2, 0.25) is 0 Å². The Morgan fingerprint density at radius 1 is 1.62 bits per heavy atom. The van der Waals surface area contributed by atoms with Crippen molar-refractivity contribution < 1.29 is 13.9 Å². The molecule has 90 valence electrons. The van der Waals surface area contributed by atoms with Crippen molar-refractivity contribution >= 4 is 12.2 Å². The Morgan fingerprint density at radius 3 is 2.75 bits per heavy atom. The van der Waals surface area contributed by atoms with E-state index in [1.54, 1.807) is 0 Å². The third-order valence-corrected chi connectivity index (χ3v) is 2.41. The van der Waals surface area contributed by atoms with Gasteiger partial charge in [-0.3, -0.25) is 14.7 Å². The number of ether oxygens (including phenoxy) is 1. The van der Waals surface area contributed by atoms with E-state index in [-0.39, 0.29) is 11.9 Å². The number of hydrogen-bond donors (Lipinski definition) is 1. The minimum absolute atomic E-state index is 0.0844. The van der Waals surface area contributed by atoms with Crippen LogP contribution in [0.5, 0.6) is 0 Å². The molecule has 1 aliphatic heterocycles. The van der Waals surface area contributed by atoms with Gasteiger partial charge in [0.25, 0.3) is 0 Å². The molecule has 1 aliphatic rings. The first-order valence-electron chi connectivity index (χ1n) is 5.06. The fraction of sp³-hybridized carbons (Fsp3) is 0.600. The second-order valence-corrected chi connectivity index (χ2v) is 3.62. The molecule has 1 saturated heterocycles. The zero-order valence-corrected chi connectivity index (χ0v) is 9.39. The summed E-state index contributed by atoms with van der Waals surface area (Å²) in [5, 5.41) is 0. The van der Waals surface area contributed by atoms with Gasteiger partial charge in [0, 0.05) is 13.2 Å². The third kappa shape index (κ3) is 3.03. The van der Waals surface area contributed by atoms with Crippen molar-refractivity contribution in [2.45, 2.75) is 32.1 Å². The van der Waals surface area contributed by atoms with Crippen LogP contribution in [0.4, 0.5) is 4.39 Å². The molecule has 1 amide bonds. The number of halogens is 1. The molecule has 0 aromatic carbocycles. The summed E-state index contributed by atoms with van der Waals surface area (Å²) in [6, 6.07) is 0. The fourth-order valence-electron chi connectivity index (χ4n) is 1.49. The summed E-state index contributed by atoms with van der Waals surface area (Å²) in [7, 11) is 1.38. The minimum atomic E-state index is -0.738. The maximum absolute atomic E-state index is 13.3. The monoisotopic (exact) mass is 229 g/mol. The van der Waals surface area contributed by atoms with Gasteiger partial charge in [-0.15, -0.1) is 0 Å². The van der Waals surface area contributed by atoms with Crippen LogP contribution >= 0.6 is 0 Å². The van der Waals surface area contributed by atoms with E-state index in [2.05, 4.69) is 4.99 Å². The van der Waals surface area contributed by atoms with E-state index in [1.165, 1.54) is 7.05 Å². The summed E-state index contributed by atoms with van der Waals surface area (Å²) in [5.74, 6) is -0.976. The van der Waals surface area contributed by atoms with Crippen molar-refractivity contribution in [2.75, 3.05) is 7.05 Å². The molecular formula is C10H16FN3O2.